The van der Waals surface area contributed by atoms with Crippen LogP contribution in [0.4, 0.5) is 0 Å². The minimum absolute atomic E-state index is 0.0791. The number of fused-ring (bicyclic) bond motifs is 1. The monoisotopic (exact) mass is 494 g/mol. The predicted octanol–water partition coefficient (Wildman–Crippen LogP) is 2.24. The maximum absolute atomic E-state index is 13.2. The number of nitrogens with one attached hydrogen (secondary N) is 2. The van der Waals surface area contributed by atoms with Gasteiger partial charge in [0.25, 0.3) is 5.91 Å². The van der Waals surface area contributed by atoms with Crippen molar-refractivity contribution in [1.29, 1.82) is 0 Å². The van der Waals surface area contributed by atoms with Crippen LogP contribution in [0.5, 0.6) is 0 Å². The fraction of sp³-hybridized carbons (Fsp3) is 0.679. The zero-order chi connectivity index (χ0) is 24.8. The van der Waals surface area contributed by atoms with E-state index < -0.39 is 6.04 Å². The molecule has 1 unspecified atom stereocenters. The molecule has 3 saturated heterocycles. The first-order valence-electron chi connectivity index (χ1n) is 13.8. The summed E-state index contributed by atoms with van der Waals surface area (Å²) in [5.74, 6) is -0.176. The van der Waals surface area contributed by atoms with Crippen molar-refractivity contribution >= 4 is 17.7 Å². The van der Waals surface area contributed by atoms with Gasteiger partial charge < -0.3 is 19.9 Å². The molecule has 36 heavy (non-hydrogen) atoms. The molecule has 194 valence electrons. The molecule has 8 heteroatoms. The Balaban J connectivity index is 1.04. The number of likely N-dealkylation sites (tertiary alicyclic amines) is 1. The number of carbonyl (C=O) groups excluding carboxylic acids is 3. The highest BCUT2D eigenvalue weighted by atomic mass is 16.5. The second kappa shape index (κ2) is 9.88. The van der Waals surface area contributed by atoms with Crippen LogP contribution in [0, 0.1) is 6.92 Å². The number of hydrogen-bond donors (Lipinski definition) is 2. The highest BCUT2D eigenvalue weighted by Gasteiger charge is 2.41. The zero-order valence-electron chi connectivity index (χ0n) is 21.3. The van der Waals surface area contributed by atoms with E-state index in [0.717, 1.165) is 68.6 Å². The molecule has 4 fully saturated rings. The van der Waals surface area contributed by atoms with E-state index in [-0.39, 0.29) is 24.1 Å². The van der Waals surface area contributed by atoms with E-state index >= 15 is 0 Å². The fourth-order valence-electron chi connectivity index (χ4n) is 6.94. The van der Waals surface area contributed by atoms with Gasteiger partial charge in [-0.2, -0.15) is 0 Å². The highest BCUT2D eigenvalue weighted by molar-refractivity contribution is 6.06. The van der Waals surface area contributed by atoms with Crippen LogP contribution in [-0.2, 0) is 20.9 Å². The molecule has 2 N–H and O–H groups in total. The number of aryl methyl sites for hydroxylation is 1. The van der Waals surface area contributed by atoms with Crippen molar-refractivity contribution in [2.75, 3.05) is 26.2 Å². The number of carbonyl (C=O) groups is 3. The molecule has 1 aromatic rings. The Labute approximate surface area is 213 Å². The molecular formula is C28H38N4O4. The summed E-state index contributed by atoms with van der Waals surface area (Å²) in [6, 6.07) is 4.51. The minimum Gasteiger partial charge on any atom is -0.375 e. The van der Waals surface area contributed by atoms with Crippen LogP contribution in [0.2, 0.25) is 0 Å². The van der Waals surface area contributed by atoms with Gasteiger partial charge in [0.1, 0.15) is 6.04 Å². The molecule has 0 spiro atoms. The number of nitrogens with zero attached hydrogens (tertiary/aromatic N) is 2. The topological polar surface area (TPSA) is 91.0 Å². The largest absolute Gasteiger partial charge is 0.375 e. The van der Waals surface area contributed by atoms with Gasteiger partial charge in [0, 0.05) is 24.6 Å². The van der Waals surface area contributed by atoms with Crippen molar-refractivity contribution < 1.29 is 19.1 Å². The lowest BCUT2D eigenvalue weighted by molar-refractivity contribution is -0.136. The van der Waals surface area contributed by atoms with E-state index in [2.05, 4.69) is 27.7 Å². The first-order valence-corrected chi connectivity index (χ1v) is 13.8. The average molecular weight is 495 g/mol. The highest BCUT2D eigenvalue weighted by Crippen LogP contribution is 2.38. The summed E-state index contributed by atoms with van der Waals surface area (Å²) in [5.41, 5.74) is 4.10. The lowest BCUT2D eigenvalue weighted by Crippen LogP contribution is -2.52. The molecule has 3 amide bonds. The lowest BCUT2D eigenvalue weighted by Gasteiger charge is -2.46. The summed E-state index contributed by atoms with van der Waals surface area (Å²) in [4.78, 5) is 41.4. The van der Waals surface area contributed by atoms with Crippen molar-refractivity contribution in [2.24, 2.45) is 0 Å². The predicted molar refractivity (Wildman–Crippen MR) is 135 cm³/mol. The van der Waals surface area contributed by atoms with E-state index in [1.165, 1.54) is 18.4 Å². The van der Waals surface area contributed by atoms with Gasteiger partial charge in [-0.25, -0.2) is 0 Å². The Morgan fingerprint density at radius 3 is 2.42 bits per heavy atom. The molecule has 1 aromatic carbocycles. The van der Waals surface area contributed by atoms with Crippen molar-refractivity contribution in [3.8, 4) is 0 Å². The number of benzene rings is 1. The third-order valence-electron chi connectivity index (χ3n) is 9.10. The Hall–Kier alpha value is -2.29. The van der Waals surface area contributed by atoms with Crippen LogP contribution in [0.3, 0.4) is 0 Å². The minimum atomic E-state index is -0.557. The van der Waals surface area contributed by atoms with E-state index in [1.807, 2.05) is 6.92 Å². The van der Waals surface area contributed by atoms with Gasteiger partial charge in [-0.1, -0.05) is 12.1 Å². The third kappa shape index (κ3) is 4.59. The summed E-state index contributed by atoms with van der Waals surface area (Å²) < 4.78 is 6.33. The van der Waals surface area contributed by atoms with Crippen LogP contribution in [0.25, 0.3) is 0 Å². The van der Waals surface area contributed by atoms with Crippen LogP contribution < -0.4 is 10.6 Å². The molecular weight excluding hydrogens is 456 g/mol. The van der Waals surface area contributed by atoms with Crippen molar-refractivity contribution in [2.45, 2.75) is 95.0 Å². The second-order valence-corrected chi connectivity index (χ2v) is 11.4. The quantitative estimate of drug-likeness (QED) is 0.610. The molecule has 4 aliphatic heterocycles. The van der Waals surface area contributed by atoms with Gasteiger partial charge in [0.2, 0.25) is 11.8 Å². The maximum Gasteiger partial charge on any atom is 0.255 e. The van der Waals surface area contributed by atoms with Crippen molar-refractivity contribution in [3.05, 3.63) is 34.4 Å². The number of ether oxygens (including phenoxy) is 1. The number of piperidine rings is 3. The van der Waals surface area contributed by atoms with Gasteiger partial charge in [0.05, 0.1) is 12.2 Å². The van der Waals surface area contributed by atoms with Gasteiger partial charge in [-0.05, 0) is 101 Å². The average Bonchev–Trinajstić information content (AvgIpc) is 3.18. The van der Waals surface area contributed by atoms with Crippen molar-refractivity contribution in [1.82, 2.24) is 20.4 Å². The van der Waals surface area contributed by atoms with Crippen LogP contribution in [0.1, 0.15) is 84.3 Å². The smallest absolute Gasteiger partial charge is 0.255 e. The number of hydrogen-bond acceptors (Lipinski definition) is 6. The fourth-order valence-corrected chi connectivity index (χ4v) is 6.94. The molecule has 1 saturated carbocycles. The SMILES string of the molecule is Cc1cc(C2CCN(C3CC(OC4CCNCC4)C3)CC2)cc2c1C(=O)N(C1CCC(=O)NC1=O)C2. The zero-order valence-corrected chi connectivity index (χ0v) is 21.3. The summed E-state index contributed by atoms with van der Waals surface area (Å²) in [7, 11) is 0. The first kappa shape index (κ1) is 24.1. The standard InChI is InChI=1S/C28H38N4O4/c1-17-12-19(13-20-16-32(28(35)26(17)20)24-2-3-25(33)30-27(24)34)18-6-10-31(11-7-18)21-14-23(15-21)36-22-4-8-29-9-5-22/h12-13,18,21-24,29H,2-11,14-16H2,1H3,(H,30,33,34). The molecule has 1 atom stereocenters. The van der Waals surface area contributed by atoms with E-state index in [0.29, 0.717) is 37.1 Å². The van der Waals surface area contributed by atoms with Crippen LogP contribution >= 0.6 is 0 Å². The molecule has 4 heterocycles. The Morgan fingerprint density at radius 2 is 1.69 bits per heavy atom. The van der Waals surface area contributed by atoms with Gasteiger partial charge in [-0.3, -0.25) is 19.7 Å². The second-order valence-electron chi connectivity index (χ2n) is 11.4. The Kier molecular flexibility index (Phi) is 6.60. The number of rotatable bonds is 5. The summed E-state index contributed by atoms with van der Waals surface area (Å²) >= 11 is 0. The van der Waals surface area contributed by atoms with Crippen LogP contribution in [-0.4, -0.2) is 78.0 Å². The Bertz CT molecular complexity index is 1040. The molecule has 0 bridgehead atoms. The van der Waals surface area contributed by atoms with Crippen LogP contribution in [0.15, 0.2) is 12.1 Å². The van der Waals surface area contributed by atoms with E-state index in [4.69, 9.17) is 4.74 Å². The summed E-state index contributed by atoms with van der Waals surface area (Å²) in [6.07, 6.45) is 8.48. The molecule has 5 aliphatic rings. The summed E-state index contributed by atoms with van der Waals surface area (Å²) in [6.45, 7) is 6.87. The molecule has 8 nitrogen and oxygen atoms in total. The van der Waals surface area contributed by atoms with E-state index in [9.17, 15) is 14.4 Å². The lowest BCUT2D eigenvalue weighted by atomic mass is 9.82. The Morgan fingerprint density at radius 1 is 0.944 bits per heavy atom. The van der Waals surface area contributed by atoms with Crippen molar-refractivity contribution in [3.63, 3.8) is 0 Å². The maximum atomic E-state index is 13.2. The van der Waals surface area contributed by atoms with Gasteiger partial charge in [0.15, 0.2) is 0 Å². The molecule has 6 rings (SSSR count). The third-order valence-corrected chi connectivity index (χ3v) is 9.10. The number of imide groups is 1. The molecule has 0 aromatic heterocycles. The van der Waals surface area contributed by atoms with E-state index in [1.54, 1.807) is 4.90 Å². The van der Waals surface area contributed by atoms with Gasteiger partial charge >= 0.3 is 0 Å². The summed E-state index contributed by atoms with van der Waals surface area (Å²) in [5, 5.41) is 5.80. The van der Waals surface area contributed by atoms with Gasteiger partial charge in [-0.15, -0.1) is 0 Å². The first-order chi connectivity index (χ1) is 17.5. The molecule has 1 aliphatic carbocycles. The molecule has 0 radical (unpaired) electrons. The number of amides is 3. The normalized spacial score (nSPS) is 30.3.